The van der Waals surface area contributed by atoms with Gasteiger partial charge >= 0.3 is 18.9 Å². The molecule has 0 aliphatic carbocycles. The summed E-state index contributed by atoms with van der Waals surface area (Å²) in [5.41, 5.74) is 1.43. The molecule has 0 saturated heterocycles. The van der Waals surface area contributed by atoms with E-state index in [0.717, 1.165) is 32.1 Å². The molecule has 36 heavy (non-hydrogen) atoms. The Labute approximate surface area is 254 Å². The summed E-state index contributed by atoms with van der Waals surface area (Å²) in [6, 6.07) is 0. The molecule has 0 aromatic rings. The summed E-state index contributed by atoms with van der Waals surface area (Å²) in [6.07, 6.45) is 28.1. The molecule has 0 bridgehead atoms. The Balaban J connectivity index is -0.0000000979. The quantitative estimate of drug-likeness (QED) is 0.0657. The Morgan fingerprint density at radius 2 is 0.861 bits per heavy atom. The van der Waals surface area contributed by atoms with Crippen LogP contribution in [0.4, 0.5) is 0 Å². The number of allylic oxidation sites excluding steroid dienone is 1. The normalized spacial score (nSPS) is 9.11. The smallest absolute Gasteiger partial charge is 1.00 e. The van der Waals surface area contributed by atoms with Gasteiger partial charge in [0.2, 0.25) is 0 Å². The molecule has 0 amide bonds. The van der Waals surface area contributed by atoms with Gasteiger partial charge in [-0.1, -0.05) is 157 Å². The van der Waals surface area contributed by atoms with E-state index in [1.54, 1.807) is 0 Å². The van der Waals surface area contributed by atoms with Gasteiger partial charge in [0.15, 0.2) is 0 Å². The fourth-order valence-corrected chi connectivity index (χ4v) is 3.32. The standard InChI is InChI=1S/C14H28.C13H26O.C4H9.C2H6.BrH.Li/c1-4-6-7-8-9-10-11-12-13-14(3)5-2;1-3-5-6-7-8-9-10-11-12-13(14)4-2;1-3-4-2;1-2;;/h3-13H2,1-2H3;3-12H2,1-2H3;1,3-4H2,2H3;1-2H3;1H;/q;;-1;;;+1/p-1. The van der Waals surface area contributed by atoms with Crippen LogP contribution in [0.2, 0.25) is 0 Å². The van der Waals surface area contributed by atoms with Gasteiger partial charge < -0.3 is 23.9 Å². The van der Waals surface area contributed by atoms with Gasteiger partial charge in [-0.15, -0.1) is 0 Å². The van der Waals surface area contributed by atoms with E-state index < -0.39 is 0 Å². The number of halogens is 1. The SMILES string of the molecule is C=C(CC)CCCCCCCCCC.CC.CCCCCCCCCCC(=O)CC.[Br-].[CH2-]CCC.[Li+]. The zero-order chi connectivity index (χ0) is 26.7. The van der Waals surface area contributed by atoms with E-state index in [2.05, 4.69) is 41.2 Å². The summed E-state index contributed by atoms with van der Waals surface area (Å²) in [5.74, 6) is 0.427. The van der Waals surface area contributed by atoms with Crippen molar-refractivity contribution in [3.63, 3.8) is 0 Å². The van der Waals surface area contributed by atoms with Crippen LogP contribution < -0.4 is 35.8 Å². The van der Waals surface area contributed by atoms with Crippen molar-refractivity contribution < 1.29 is 40.6 Å². The van der Waals surface area contributed by atoms with Gasteiger partial charge in [-0.3, -0.25) is 4.79 Å². The largest absolute Gasteiger partial charge is 1.00 e. The minimum Gasteiger partial charge on any atom is -1.00 e. The van der Waals surface area contributed by atoms with E-state index in [9.17, 15) is 4.79 Å². The van der Waals surface area contributed by atoms with Crippen LogP contribution in [0.25, 0.3) is 0 Å². The molecule has 0 aliphatic rings. The van der Waals surface area contributed by atoms with Crippen molar-refractivity contribution in [3.05, 3.63) is 19.1 Å². The molecule has 3 heteroatoms. The maximum atomic E-state index is 11.0. The van der Waals surface area contributed by atoms with Gasteiger partial charge in [0.05, 0.1) is 0 Å². The first-order chi connectivity index (χ1) is 16.5. The summed E-state index contributed by atoms with van der Waals surface area (Å²) in [7, 11) is 0. The number of unbranched alkanes of at least 4 members (excludes halogenated alkanes) is 15. The van der Waals surface area contributed by atoms with Crippen molar-refractivity contribution in [2.45, 2.75) is 190 Å². The molecule has 0 atom stereocenters. The summed E-state index contributed by atoms with van der Waals surface area (Å²) in [4.78, 5) is 11.0. The second-order valence-electron chi connectivity index (χ2n) is 9.30. The topological polar surface area (TPSA) is 17.1 Å². The monoisotopic (exact) mass is 567 g/mol. The molecule has 0 heterocycles. The van der Waals surface area contributed by atoms with E-state index in [1.165, 1.54) is 115 Å². The Bertz CT molecular complexity index is 324. The number of ketones is 1. The number of carbonyl (C=O) groups excluding carboxylic acids is 1. The van der Waals surface area contributed by atoms with Crippen LogP contribution in [-0.4, -0.2) is 5.78 Å². The Morgan fingerprint density at radius 1 is 0.556 bits per heavy atom. The Hall–Kier alpha value is 0.487. The summed E-state index contributed by atoms with van der Waals surface area (Å²) < 4.78 is 0. The molecule has 1 nitrogen and oxygen atoms in total. The molecule has 0 unspecified atom stereocenters. The third-order valence-corrected chi connectivity index (χ3v) is 5.94. The number of hydrogen-bond acceptors (Lipinski definition) is 1. The molecule has 0 fully saturated rings. The van der Waals surface area contributed by atoms with Crippen molar-refractivity contribution in [2.24, 2.45) is 0 Å². The fraction of sp³-hybridized carbons (Fsp3) is 0.879. The first-order valence-corrected chi connectivity index (χ1v) is 15.5. The van der Waals surface area contributed by atoms with Crippen molar-refractivity contribution in [1.29, 1.82) is 0 Å². The number of carbonyl (C=O) groups is 1. The molecule has 0 spiro atoms. The van der Waals surface area contributed by atoms with Crippen LogP contribution in [0.1, 0.15) is 190 Å². The zero-order valence-corrected chi connectivity index (χ0v) is 28.3. The Kier molecular flexibility index (Phi) is 71.4. The molecular weight excluding hydrogens is 499 g/mol. The first kappa shape index (κ1) is 49.4. The molecule has 0 saturated carbocycles. The van der Waals surface area contributed by atoms with Gasteiger partial charge in [0, 0.05) is 12.8 Å². The van der Waals surface area contributed by atoms with Crippen LogP contribution in [0.5, 0.6) is 0 Å². The van der Waals surface area contributed by atoms with Gasteiger partial charge in [-0.2, -0.15) is 6.42 Å². The van der Waals surface area contributed by atoms with E-state index in [4.69, 9.17) is 0 Å². The second kappa shape index (κ2) is 52.0. The van der Waals surface area contributed by atoms with Crippen LogP contribution in [0.15, 0.2) is 12.2 Å². The maximum Gasteiger partial charge on any atom is 1.00 e. The maximum absolute atomic E-state index is 11.0. The number of Topliss-reactive ketones (excluding diaryl/α,β-unsaturated/α-hetero) is 1. The minimum atomic E-state index is 0. The first-order valence-electron chi connectivity index (χ1n) is 15.5. The van der Waals surface area contributed by atoms with Crippen molar-refractivity contribution in [1.82, 2.24) is 0 Å². The molecule has 0 aliphatic heterocycles. The van der Waals surface area contributed by atoms with E-state index >= 15 is 0 Å². The van der Waals surface area contributed by atoms with Gasteiger partial charge in [0.25, 0.3) is 0 Å². The molecular formula is C33H69BrLiO-. The van der Waals surface area contributed by atoms with E-state index in [0.29, 0.717) is 5.78 Å². The fourth-order valence-electron chi connectivity index (χ4n) is 3.32. The second-order valence-corrected chi connectivity index (χ2v) is 9.30. The van der Waals surface area contributed by atoms with Gasteiger partial charge in [-0.05, 0) is 25.7 Å². The molecule has 0 radical (unpaired) electrons. The van der Waals surface area contributed by atoms with Crippen LogP contribution >= 0.6 is 0 Å². The Morgan fingerprint density at radius 3 is 1.14 bits per heavy atom. The third kappa shape index (κ3) is 59.5. The van der Waals surface area contributed by atoms with Crippen molar-refractivity contribution in [2.75, 3.05) is 0 Å². The summed E-state index contributed by atoms with van der Waals surface area (Å²) in [5, 5.41) is 0. The van der Waals surface area contributed by atoms with Crippen molar-refractivity contribution >= 4 is 5.78 Å². The zero-order valence-electron chi connectivity index (χ0n) is 26.8. The molecule has 0 aromatic carbocycles. The van der Waals surface area contributed by atoms with Crippen LogP contribution in [0, 0.1) is 6.92 Å². The third-order valence-electron chi connectivity index (χ3n) is 5.94. The molecule has 0 N–H and O–H groups in total. The van der Waals surface area contributed by atoms with E-state index in [-0.39, 0.29) is 35.8 Å². The average molecular weight is 569 g/mol. The summed E-state index contributed by atoms with van der Waals surface area (Å²) >= 11 is 0. The number of rotatable bonds is 21. The minimum absolute atomic E-state index is 0. The average Bonchev–Trinajstić information content (AvgIpc) is 2.88. The predicted molar refractivity (Wildman–Crippen MR) is 161 cm³/mol. The van der Waals surface area contributed by atoms with Crippen molar-refractivity contribution in [3.8, 4) is 0 Å². The molecule has 0 rings (SSSR count). The van der Waals surface area contributed by atoms with Gasteiger partial charge in [0.1, 0.15) is 5.78 Å². The molecule has 216 valence electrons. The predicted octanol–water partition coefficient (Wildman–Crippen LogP) is 6.63. The van der Waals surface area contributed by atoms with Crippen LogP contribution in [-0.2, 0) is 4.79 Å². The summed E-state index contributed by atoms with van der Waals surface area (Å²) in [6.45, 7) is 22.4. The molecule has 0 aromatic heterocycles. The van der Waals surface area contributed by atoms with Crippen LogP contribution in [0.3, 0.4) is 0 Å². The van der Waals surface area contributed by atoms with Gasteiger partial charge in [-0.25, -0.2) is 0 Å². The number of hydrogen-bond donors (Lipinski definition) is 0. The van der Waals surface area contributed by atoms with E-state index in [1.807, 2.05) is 20.8 Å².